The molecule has 0 aliphatic rings. The van der Waals surface area contributed by atoms with Crippen molar-refractivity contribution < 1.29 is 14.3 Å². The average molecular weight is 285 g/mol. The third kappa shape index (κ3) is 4.16. The average Bonchev–Trinajstić information content (AvgIpc) is 2.30. The Morgan fingerprint density at radius 3 is 2.88 bits per heavy atom. The molecule has 0 spiro atoms. The molecular weight excluding hydrogens is 272 g/mol. The fourth-order valence-corrected chi connectivity index (χ4v) is 1.56. The first kappa shape index (κ1) is 12.9. The number of esters is 1. The second-order valence-electron chi connectivity index (χ2n) is 3.02. The van der Waals surface area contributed by atoms with Crippen molar-refractivity contribution in [2.75, 3.05) is 13.7 Å². The molecular formula is C12H13BrO3. The molecule has 86 valence electrons. The molecule has 1 aromatic carbocycles. The molecule has 0 aromatic heterocycles. The second-order valence-corrected chi connectivity index (χ2v) is 3.58. The SMILES string of the molecule is COCC=CC(=O)Oc1ccccc1CBr. The highest BCUT2D eigenvalue weighted by Gasteiger charge is 2.04. The van der Waals surface area contributed by atoms with E-state index in [1.165, 1.54) is 6.08 Å². The van der Waals surface area contributed by atoms with Crippen molar-refractivity contribution in [3.05, 3.63) is 42.0 Å². The minimum Gasteiger partial charge on any atom is -0.423 e. The summed E-state index contributed by atoms with van der Waals surface area (Å²) in [6.45, 7) is 0.398. The minimum absolute atomic E-state index is 0.398. The van der Waals surface area contributed by atoms with Gasteiger partial charge in [-0.1, -0.05) is 40.2 Å². The molecule has 0 atom stereocenters. The number of halogens is 1. The van der Waals surface area contributed by atoms with Gasteiger partial charge in [0, 0.05) is 24.1 Å². The lowest BCUT2D eigenvalue weighted by Gasteiger charge is -2.05. The molecule has 0 heterocycles. The molecule has 0 amide bonds. The van der Waals surface area contributed by atoms with Crippen LogP contribution in [0, 0.1) is 0 Å². The normalized spacial score (nSPS) is 10.6. The monoisotopic (exact) mass is 284 g/mol. The fraction of sp³-hybridized carbons (Fsp3) is 0.250. The molecule has 0 saturated carbocycles. The Kier molecular flexibility index (Phi) is 5.82. The van der Waals surface area contributed by atoms with Crippen molar-refractivity contribution in [3.8, 4) is 5.75 Å². The molecule has 3 nitrogen and oxygen atoms in total. The quantitative estimate of drug-likeness (QED) is 0.361. The zero-order chi connectivity index (χ0) is 11.8. The van der Waals surface area contributed by atoms with Gasteiger partial charge in [0.05, 0.1) is 6.61 Å². The Bertz CT molecular complexity index is 374. The first-order chi connectivity index (χ1) is 7.77. The van der Waals surface area contributed by atoms with Crippen LogP contribution in [-0.4, -0.2) is 19.7 Å². The van der Waals surface area contributed by atoms with Gasteiger partial charge in [0.25, 0.3) is 0 Å². The summed E-state index contributed by atoms with van der Waals surface area (Å²) >= 11 is 3.33. The van der Waals surface area contributed by atoms with Crippen molar-refractivity contribution in [2.45, 2.75) is 5.33 Å². The molecule has 1 rings (SSSR count). The number of benzene rings is 1. The highest BCUT2D eigenvalue weighted by molar-refractivity contribution is 9.08. The Morgan fingerprint density at radius 2 is 2.19 bits per heavy atom. The Balaban J connectivity index is 2.62. The number of hydrogen-bond acceptors (Lipinski definition) is 3. The van der Waals surface area contributed by atoms with E-state index in [1.54, 1.807) is 19.3 Å². The van der Waals surface area contributed by atoms with Crippen LogP contribution in [0.5, 0.6) is 5.75 Å². The molecule has 0 aliphatic heterocycles. The van der Waals surface area contributed by atoms with E-state index in [0.29, 0.717) is 17.7 Å². The number of hydrogen-bond donors (Lipinski definition) is 0. The molecule has 1 aromatic rings. The summed E-state index contributed by atoms with van der Waals surface area (Å²) in [6, 6.07) is 7.39. The second kappa shape index (κ2) is 7.19. The lowest BCUT2D eigenvalue weighted by molar-refractivity contribution is -0.129. The number of rotatable bonds is 5. The van der Waals surface area contributed by atoms with Crippen LogP contribution in [0.25, 0.3) is 0 Å². The minimum atomic E-state index is -0.398. The molecule has 16 heavy (non-hydrogen) atoms. The maximum absolute atomic E-state index is 11.4. The van der Waals surface area contributed by atoms with Gasteiger partial charge in [-0.3, -0.25) is 0 Å². The van der Waals surface area contributed by atoms with Gasteiger partial charge >= 0.3 is 5.97 Å². The van der Waals surface area contributed by atoms with E-state index in [-0.39, 0.29) is 0 Å². The highest BCUT2D eigenvalue weighted by Crippen LogP contribution is 2.20. The summed E-state index contributed by atoms with van der Waals surface area (Å²) in [5, 5.41) is 0.651. The third-order valence-electron chi connectivity index (χ3n) is 1.84. The molecule has 0 N–H and O–H groups in total. The Morgan fingerprint density at radius 1 is 1.44 bits per heavy atom. The first-order valence-corrected chi connectivity index (χ1v) is 5.91. The predicted octanol–water partition coefficient (Wildman–Crippen LogP) is 2.69. The summed E-state index contributed by atoms with van der Waals surface area (Å²) in [5.41, 5.74) is 0.941. The standard InChI is InChI=1S/C12H13BrO3/c1-15-8-4-7-12(14)16-11-6-3-2-5-10(11)9-13/h2-7H,8-9H2,1H3. The predicted molar refractivity (Wildman–Crippen MR) is 65.7 cm³/mol. The van der Waals surface area contributed by atoms with Crippen LogP contribution in [0.3, 0.4) is 0 Å². The highest BCUT2D eigenvalue weighted by atomic mass is 79.9. The lowest BCUT2D eigenvalue weighted by atomic mass is 10.2. The van der Waals surface area contributed by atoms with E-state index in [1.807, 2.05) is 18.2 Å². The number of alkyl halides is 1. The third-order valence-corrected chi connectivity index (χ3v) is 2.45. The van der Waals surface area contributed by atoms with Crippen molar-refractivity contribution >= 4 is 21.9 Å². The maximum Gasteiger partial charge on any atom is 0.335 e. The topological polar surface area (TPSA) is 35.5 Å². The number of methoxy groups -OCH3 is 1. The number of para-hydroxylation sites is 1. The Hall–Kier alpha value is -1.13. The summed E-state index contributed by atoms with van der Waals surface area (Å²) < 4.78 is 9.96. The summed E-state index contributed by atoms with van der Waals surface area (Å²) in [4.78, 5) is 11.4. The molecule has 0 radical (unpaired) electrons. The van der Waals surface area contributed by atoms with E-state index in [2.05, 4.69) is 15.9 Å². The van der Waals surface area contributed by atoms with Crippen LogP contribution in [-0.2, 0) is 14.9 Å². The molecule has 0 aliphatic carbocycles. The van der Waals surface area contributed by atoms with E-state index >= 15 is 0 Å². The van der Waals surface area contributed by atoms with Crippen LogP contribution >= 0.6 is 15.9 Å². The smallest absolute Gasteiger partial charge is 0.335 e. The van der Waals surface area contributed by atoms with Crippen LogP contribution in [0.4, 0.5) is 0 Å². The maximum atomic E-state index is 11.4. The van der Waals surface area contributed by atoms with Crippen LogP contribution < -0.4 is 4.74 Å². The van der Waals surface area contributed by atoms with Gasteiger partial charge in [-0.15, -0.1) is 0 Å². The molecule has 0 fully saturated rings. The van der Waals surface area contributed by atoms with Gasteiger partial charge in [-0.25, -0.2) is 4.79 Å². The van der Waals surface area contributed by atoms with Crippen molar-refractivity contribution in [3.63, 3.8) is 0 Å². The van der Waals surface area contributed by atoms with Crippen molar-refractivity contribution in [2.24, 2.45) is 0 Å². The largest absolute Gasteiger partial charge is 0.423 e. The first-order valence-electron chi connectivity index (χ1n) is 4.79. The zero-order valence-corrected chi connectivity index (χ0v) is 10.6. The van der Waals surface area contributed by atoms with Crippen molar-refractivity contribution in [1.29, 1.82) is 0 Å². The van der Waals surface area contributed by atoms with E-state index in [0.717, 1.165) is 5.56 Å². The number of carbonyl (C=O) groups is 1. The Labute approximate surface area is 103 Å². The van der Waals surface area contributed by atoms with Crippen LogP contribution in [0.15, 0.2) is 36.4 Å². The van der Waals surface area contributed by atoms with Gasteiger partial charge in [-0.05, 0) is 6.07 Å². The fourth-order valence-electron chi connectivity index (χ4n) is 1.10. The van der Waals surface area contributed by atoms with Gasteiger partial charge in [0.15, 0.2) is 0 Å². The van der Waals surface area contributed by atoms with Gasteiger partial charge in [0.1, 0.15) is 5.75 Å². The van der Waals surface area contributed by atoms with Crippen LogP contribution in [0.2, 0.25) is 0 Å². The van der Waals surface area contributed by atoms with Crippen LogP contribution in [0.1, 0.15) is 5.56 Å². The van der Waals surface area contributed by atoms with E-state index < -0.39 is 5.97 Å². The van der Waals surface area contributed by atoms with Gasteiger partial charge in [0.2, 0.25) is 0 Å². The lowest BCUT2D eigenvalue weighted by Crippen LogP contribution is -2.05. The zero-order valence-electron chi connectivity index (χ0n) is 8.98. The summed E-state index contributed by atoms with van der Waals surface area (Å²) in [5.74, 6) is 0.178. The summed E-state index contributed by atoms with van der Waals surface area (Å²) in [6.07, 6.45) is 2.97. The van der Waals surface area contributed by atoms with Gasteiger partial charge in [-0.2, -0.15) is 0 Å². The number of carbonyl (C=O) groups excluding carboxylic acids is 1. The number of ether oxygens (including phenoxy) is 2. The molecule has 0 unspecified atom stereocenters. The van der Waals surface area contributed by atoms with Gasteiger partial charge < -0.3 is 9.47 Å². The van der Waals surface area contributed by atoms with E-state index in [9.17, 15) is 4.79 Å². The molecule has 0 saturated heterocycles. The van der Waals surface area contributed by atoms with Crippen molar-refractivity contribution in [1.82, 2.24) is 0 Å². The summed E-state index contributed by atoms with van der Waals surface area (Å²) in [7, 11) is 1.57. The molecule has 0 bridgehead atoms. The molecule has 4 heteroatoms. The van der Waals surface area contributed by atoms with E-state index in [4.69, 9.17) is 9.47 Å².